The van der Waals surface area contributed by atoms with Crippen LogP contribution in [0.5, 0.6) is 11.5 Å². The zero-order valence-electron chi connectivity index (χ0n) is 12.2. The molecule has 0 aliphatic heterocycles. The van der Waals surface area contributed by atoms with Gasteiger partial charge in [0.05, 0.1) is 18.6 Å². The van der Waals surface area contributed by atoms with Gasteiger partial charge >= 0.3 is 0 Å². The van der Waals surface area contributed by atoms with Crippen LogP contribution in [0.2, 0.25) is 0 Å². The van der Waals surface area contributed by atoms with E-state index in [1.807, 2.05) is 43.3 Å². The number of aryl methyl sites for hydroxylation is 1. The van der Waals surface area contributed by atoms with Crippen LogP contribution in [-0.4, -0.2) is 13.0 Å². The maximum absolute atomic E-state index is 5.89. The summed E-state index contributed by atoms with van der Waals surface area (Å²) in [7, 11) is 1.66. The van der Waals surface area contributed by atoms with Crippen LogP contribution >= 0.6 is 11.6 Å². The average molecular weight is 301 g/mol. The lowest BCUT2D eigenvalue weighted by molar-refractivity contribution is 0.296. The molecule has 0 aromatic heterocycles. The third-order valence-electron chi connectivity index (χ3n) is 3.00. The predicted octanol–water partition coefficient (Wildman–Crippen LogP) is 4.17. The maximum atomic E-state index is 5.89. The van der Waals surface area contributed by atoms with E-state index in [9.17, 15) is 0 Å². The van der Waals surface area contributed by atoms with Gasteiger partial charge in [-0.25, -0.2) is 0 Å². The summed E-state index contributed by atoms with van der Waals surface area (Å²) in [6.07, 6.45) is 0. The second-order valence-electron chi connectivity index (χ2n) is 4.54. The first-order chi connectivity index (χ1) is 10.2. The molecule has 108 valence electrons. The van der Waals surface area contributed by atoms with E-state index in [-0.39, 0.29) is 0 Å². The fourth-order valence-corrected chi connectivity index (χ4v) is 2.07. The van der Waals surface area contributed by atoms with Gasteiger partial charge in [-0.2, -0.15) is 0 Å². The number of ether oxygens (including phenoxy) is 2. The lowest BCUT2D eigenvalue weighted by Crippen LogP contribution is -2.00. The second kappa shape index (κ2) is 7.61. The van der Waals surface area contributed by atoms with Crippen molar-refractivity contribution in [1.29, 1.82) is 0 Å². The quantitative estimate of drug-likeness (QED) is 0.623. The zero-order valence-corrected chi connectivity index (χ0v) is 12.9. The molecule has 3 heteroatoms. The lowest BCUT2D eigenvalue weighted by atomic mass is 10.1. The van der Waals surface area contributed by atoms with Crippen LogP contribution in [0, 0.1) is 18.8 Å². The van der Waals surface area contributed by atoms with Crippen molar-refractivity contribution in [2.24, 2.45) is 0 Å². The highest BCUT2D eigenvalue weighted by Gasteiger charge is 2.06. The molecule has 21 heavy (non-hydrogen) atoms. The molecule has 0 amide bonds. The highest BCUT2D eigenvalue weighted by molar-refractivity contribution is 6.19. The smallest absolute Gasteiger partial charge is 0.135 e. The average Bonchev–Trinajstić information content (AvgIpc) is 2.52. The first-order valence-electron chi connectivity index (χ1n) is 6.64. The minimum atomic E-state index is 0.306. The molecule has 0 fully saturated rings. The van der Waals surface area contributed by atoms with Gasteiger partial charge in [-0.05, 0) is 31.2 Å². The summed E-state index contributed by atoms with van der Waals surface area (Å²) >= 11 is 5.60. The van der Waals surface area contributed by atoms with Crippen molar-refractivity contribution in [2.45, 2.75) is 13.5 Å². The van der Waals surface area contributed by atoms with E-state index in [1.54, 1.807) is 7.11 Å². The van der Waals surface area contributed by atoms with E-state index in [0.717, 1.165) is 22.6 Å². The molecule has 0 aliphatic rings. The fraction of sp³-hybridized carbons (Fsp3) is 0.222. The number of methoxy groups -OCH3 is 1. The van der Waals surface area contributed by atoms with Gasteiger partial charge in [0.25, 0.3) is 0 Å². The van der Waals surface area contributed by atoms with E-state index in [0.29, 0.717) is 12.5 Å². The molecule has 2 aromatic rings. The third-order valence-corrected chi connectivity index (χ3v) is 3.13. The van der Waals surface area contributed by atoms with Gasteiger partial charge in [0.2, 0.25) is 0 Å². The van der Waals surface area contributed by atoms with E-state index in [4.69, 9.17) is 21.1 Å². The summed E-state index contributed by atoms with van der Waals surface area (Å²) < 4.78 is 11.3. The maximum Gasteiger partial charge on any atom is 0.135 e. The first kappa shape index (κ1) is 15.3. The fourth-order valence-electron chi connectivity index (χ4n) is 2.00. The molecule has 0 spiro atoms. The van der Waals surface area contributed by atoms with Crippen LogP contribution in [0.15, 0.2) is 42.5 Å². The number of benzene rings is 2. The van der Waals surface area contributed by atoms with Crippen molar-refractivity contribution in [2.75, 3.05) is 13.0 Å². The Morgan fingerprint density at radius 3 is 2.67 bits per heavy atom. The van der Waals surface area contributed by atoms with Crippen LogP contribution < -0.4 is 9.47 Å². The number of hydrogen-bond donors (Lipinski definition) is 0. The Balaban J connectivity index is 2.19. The summed E-state index contributed by atoms with van der Waals surface area (Å²) in [5, 5.41) is 0. The zero-order chi connectivity index (χ0) is 15.1. The molecule has 0 heterocycles. The van der Waals surface area contributed by atoms with Crippen molar-refractivity contribution < 1.29 is 9.47 Å². The van der Waals surface area contributed by atoms with E-state index < -0.39 is 0 Å². The number of para-hydroxylation sites is 1. The largest absolute Gasteiger partial charge is 0.496 e. The Bertz CT molecular complexity index is 668. The molecule has 2 aromatic carbocycles. The summed E-state index contributed by atoms with van der Waals surface area (Å²) in [5.41, 5.74) is 3.02. The van der Waals surface area contributed by atoms with E-state index in [2.05, 4.69) is 17.9 Å². The Labute approximate surface area is 130 Å². The molecule has 0 atom stereocenters. The second-order valence-corrected chi connectivity index (χ2v) is 4.80. The molecule has 0 saturated carbocycles. The minimum Gasteiger partial charge on any atom is -0.496 e. The van der Waals surface area contributed by atoms with Crippen LogP contribution in [-0.2, 0) is 6.61 Å². The molecule has 2 rings (SSSR count). The van der Waals surface area contributed by atoms with Crippen molar-refractivity contribution >= 4 is 11.6 Å². The summed E-state index contributed by atoms with van der Waals surface area (Å²) in [6.45, 7) is 2.48. The highest BCUT2D eigenvalue weighted by atomic mass is 35.5. The lowest BCUT2D eigenvalue weighted by Gasteiger charge is -2.12. The van der Waals surface area contributed by atoms with Gasteiger partial charge in [0.1, 0.15) is 18.1 Å². The molecule has 0 saturated heterocycles. The minimum absolute atomic E-state index is 0.306. The monoisotopic (exact) mass is 300 g/mol. The third kappa shape index (κ3) is 4.18. The van der Waals surface area contributed by atoms with Crippen LogP contribution in [0.25, 0.3) is 0 Å². The van der Waals surface area contributed by atoms with Crippen molar-refractivity contribution in [3.63, 3.8) is 0 Å². The first-order valence-corrected chi connectivity index (χ1v) is 7.18. The highest BCUT2D eigenvalue weighted by Crippen LogP contribution is 2.23. The molecule has 0 N–H and O–H groups in total. The Morgan fingerprint density at radius 1 is 1.10 bits per heavy atom. The van der Waals surface area contributed by atoms with Gasteiger partial charge in [0.15, 0.2) is 0 Å². The van der Waals surface area contributed by atoms with Crippen LogP contribution in [0.1, 0.15) is 16.7 Å². The van der Waals surface area contributed by atoms with Gasteiger partial charge in [-0.15, -0.1) is 11.6 Å². The summed E-state index contributed by atoms with van der Waals surface area (Å²) in [5.74, 6) is 7.72. The van der Waals surface area contributed by atoms with Gasteiger partial charge in [-0.1, -0.05) is 35.6 Å². The standard InChI is InChI=1S/C18H17ClO2/c1-14-9-10-17(20-2)16(12-14)13-21-18-8-4-3-6-15(18)7-5-11-19/h3-4,6,8-10,12H,11,13H2,1-2H3. The summed E-state index contributed by atoms with van der Waals surface area (Å²) in [6, 6.07) is 13.7. The molecule has 0 radical (unpaired) electrons. The van der Waals surface area contributed by atoms with Gasteiger partial charge < -0.3 is 9.47 Å². The molecule has 0 unspecified atom stereocenters. The molecular weight excluding hydrogens is 284 g/mol. The topological polar surface area (TPSA) is 18.5 Å². The number of halogens is 1. The molecular formula is C18H17ClO2. The summed E-state index contributed by atoms with van der Waals surface area (Å²) in [4.78, 5) is 0. The van der Waals surface area contributed by atoms with E-state index >= 15 is 0 Å². The number of rotatable bonds is 4. The van der Waals surface area contributed by atoms with Crippen molar-refractivity contribution in [1.82, 2.24) is 0 Å². The van der Waals surface area contributed by atoms with Gasteiger partial charge in [-0.3, -0.25) is 0 Å². The Morgan fingerprint density at radius 2 is 1.90 bits per heavy atom. The normalized spacial score (nSPS) is 9.67. The number of hydrogen-bond acceptors (Lipinski definition) is 2. The van der Waals surface area contributed by atoms with Crippen LogP contribution in [0.4, 0.5) is 0 Å². The van der Waals surface area contributed by atoms with Crippen LogP contribution in [0.3, 0.4) is 0 Å². The molecule has 2 nitrogen and oxygen atoms in total. The van der Waals surface area contributed by atoms with Crippen molar-refractivity contribution in [3.8, 4) is 23.3 Å². The Hall–Kier alpha value is -2.11. The Kier molecular flexibility index (Phi) is 5.54. The predicted molar refractivity (Wildman–Crippen MR) is 86.1 cm³/mol. The van der Waals surface area contributed by atoms with Gasteiger partial charge in [0, 0.05) is 5.56 Å². The molecule has 0 aliphatic carbocycles. The SMILES string of the molecule is COc1ccc(C)cc1COc1ccccc1C#CCCl. The number of alkyl halides is 1. The van der Waals surface area contributed by atoms with E-state index in [1.165, 1.54) is 5.56 Å². The van der Waals surface area contributed by atoms with Crippen molar-refractivity contribution in [3.05, 3.63) is 59.2 Å². The molecule has 0 bridgehead atoms.